The van der Waals surface area contributed by atoms with Crippen molar-refractivity contribution in [1.82, 2.24) is 14.5 Å². The minimum Gasteiger partial charge on any atom is -0.505 e. The predicted octanol–water partition coefficient (Wildman–Crippen LogP) is 10.0. The van der Waals surface area contributed by atoms with Crippen LogP contribution in [-0.2, 0) is 16.0 Å². The number of fused-ring (bicyclic) bond motifs is 2. The first kappa shape index (κ1) is 40.1. The van der Waals surface area contributed by atoms with Crippen LogP contribution >= 0.6 is 31.9 Å². The van der Waals surface area contributed by atoms with Crippen molar-refractivity contribution in [2.75, 3.05) is 6.54 Å². The van der Waals surface area contributed by atoms with E-state index in [1.165, 1.54) is 21.3 Å². The average molecular weight is 904 g/mol. The Morgan fingerprint density at radius 1 is 0.807 bits per heavy atom. The first-order valence-corrected chi connectivity index (χ1v) is 20.3. The number of hydrogen-bond donors (Lipinski definition) is 2. The predicted molar refractivity (Wildman–Crippen MR) is 220 cm³/mol. The maximum absolute atomic E-state index is 16.3. The van der Waals surface area contributed by atoms with Crippen LogP contribution in [0.25, 0.3) is 21.8 Å². The molecular formula is C44H39Br2F2N3O6. The van der Waals surface area contributed by atoms with E-state index in [1.807, 2.05) is 6.92 Å². The van der Waals surface area contributed by atoms with Crippen molar-refractivity contribution >= 4 is 77.4 Å². The number of rotatable bonds is 10. The molecular weight excluding hydrogens is 864 g/mol. The lowest BCUT2D eigenvalue weighted by molar-refractivity contribution is -0.137. The molecule has 2 heterocycles. The second kappa shape index (κ2) is 16.4. The summed E-state index contributed by atoms with van der Waals surface area (Å²) in [6.07, 6.45) is 3.53. The highest BCUT2D eigenvalue weighted by atomic mass is 79.9. The molecule has 57 heavy (non-hydrogen) atoms. The van der Waals surface area contributed by atoms with E-state index in [9.17, 15) is 24.3 Å². The molecule has 0 saturated heterocycles. The number of hydrogen-bond acceptors (Lipinski definition) is 6. The lowest BCUT2D eigenvalue weighted by Gasteiger charge is -2.23. The molecule has 1 unspecified atom stereocenters. The van der Waals surface area contributed by atoms with Crippen molar-refractivity contribution in [3.63, 3.8) is 0 Å². The van der Waals surface area contributed by atoms with Gasteiger partial charge in [0.2, 0.25) is 5.91 Å². The Bertz CT molecular complexity index is 2570. The van der Waals surface area contributed by atoms with Gasteiger partial charge in [-0.15, -0.1) is 0 Å². The Balaban J connectivity index is 1.35. The monoisotopic (exact) mass is 901 g/mol. The molecule has 0 radical (unpaired) electrons. The Kier molecular flexibility index (Phi) is 11.5. The smallest absolute Gasteiger partial charge is 0.319 e. The SMILES string of the molecule is CCCNC(=O)Cc1c(C)n(C(=O)c2ccc(Br)cc2)c2cc(F)c(OC(=O)C(c3c(C)n(C(=O)c4ccc(Br)cc4)c4cc(F)c(O)cc34)C3CCCC3)cc12. The molecule has 2 N–H and O–H groups in total. The standard InChI is InChI=1S/C44H39Br2F2N3O6/c1-4-17-49-39(53)20-30-23(2)50(42(54)26-9-13-28(45)14-10-26)35-22-34(48)38(19-31(30)35)57-44(56)41(25-7-5-6-8-25)40-24(3)51(36-21-33(47)37(52)18-32(36)40)43(55)27-11-15-29(46)16-12-27/h9-16,18-19,21-22,25,41,52H,4-8,17,20H2,1-3H3,(H,49,53). The minimum absolute atomic E-state index is 0.113. The first-order valence-electron chi connectivity index (χ1n) is 18.7. The summed E-state index contributed by atoms with van der Waals surface area (Å²) in [5.41, 5.74) is 2.65. The van der Waals surface area contributed by atoms with E-state index in [1.54, 1.807) is 62.4 Å². The number of esters is 1. The highest BCUT2D eigenvalue weighted by Gasteiger charge is 2.39. The molecule has 0 aliphatic heterocycles. The minimum atomic E-state index is -1.03. The largest absolute Gasteiger partial charge is 0.505 e. The van der Waals surface area contributed by atoms with E-state index in [0.29, 0.717) is 70.2 Å². The molecule has 1 saturated carbocycles. The lowest BCUT2D eigenvalue weighted by Crippen LogP contribution is -2.26. The van der Waals surface area contributed by atoms with Gasteiger partial charge in [0.05, 0.1) is 23.4 Å². The first-order chi connectivity index (χ1) is 27.3. The molecule has 1 aliphatic carbocycles. The van der Waals surface area contributed by atoms with Crippen LogP contribution in [0.15, 0.2) is 81.7 Å². The summed E-state index contributed by atoms with van der Waals surface area (Å²) in [5.74, 6) is -6.19. The fourth-order valence-electron chi connectivity index (χ4n) is 8.08. The van der Waals surface area contributed by atoms with Crippen LogP contribution in [0, 0.1) is 31.4 Å². The number of carbonyl (C=O) groups is 4. The Morgan fingerprint density at radius 3 is 1.93 bits per heavy atom. The summed E-state index contributed by atoms with van der Waals surface area (Å²) < 4.78 is 41.6. The number of phenolic OH excluding ortho intramolecular Hbond substituents is 1. The van der Waals surface area contributed by atoms with Crippen LogP contribution in [-0.4, -0.2) is 44.5 Å². The topological polar surface area (TPSA) is 120 Å². The summed E-state index contributed by atoms with van der Waals surface area (Å²) in [7, 11) is 0. The van der Waals surface area contributed by atoms with Gasteiger partial charge < -0.3 is 15.2 Å². The van der Waals surface area contributed by atoms with Crippen molar-refractivity contribution in [3.8, 4) is 11.5 Å². The molecule has 1 amide bonds. The molecule has 9 nitrogen and oxygen atoms in total. The fourth-order valence-corrected chi connectivity index (χ4v) is 8.61. The normalized spacial score (nSPS) is 13.7. The average Bonchev–Trinajstić information content (AvgIpc) is 3.87. The van der Waals surface area contributed by atoms with Gasteiger partial charge in [-0.1, -0.05) is 51.6 Å². The van der Waals surface area contributed by atoms with Gasteiger partial charge in [-0.25, -0.2) is 8.78 Å². The number of ether oxygens (including phenoxy) is 1. The molecule has 4 aromatic carbocycles. The van der Waals surface area contributed by atoms with Gasteiger partial charge in [0.25, 0.3) is 11.8 Å². The highest BCUT2D eigenvalue weighted by molar-refractivity contribution is 9.10. The van der Waals surface area contributed by atoms with Crippen molar-refractivity contribution < 1.29 is 37.8 Å². The van der Waals surface area contributed by atoms with E-state index in [4.69, 9.17) is 4.74 Å². The molecule has 2 aromatic heterocycles. The molecule has 0 bridgehead atoms. The van der Waals surface area contributed by atoms with Crippen LogP contribution < -0.4 is 10.1 Å². The van der Waals surface area contributed by atoms with Crippen LogP contribution in [0.4, 0.5) is 8.78 Å². The van der Waals surface area contributed by atoms with Crippen LogP contribution in [0.1, 0.15) is 88.2 Å². The zero-order valence-corrected chi connectivity index (χ0v) is 34.6. The van der Waals surface area contributed by atoms with E-state index in [0.717, 1.165) is 33.9 Å². The molecule has 1 atom stereocenters. The van der Waals surface area contributed by atoms with Crippen molar-refractivity contribution in [3.05, 3.63) is 127 Å². The number of aromatic nitrogens is 2. The number of phenols is 1. The number of nitrogens with one attached hydrogen (secondary N) is 1. The van der Waals surface area contributed by atoms with Crippen LogP contribution in [0.5, 0.6) is 11.5 Å². The van der Waals surface area contributed by atoms with Gasteiger partial charge in [-0.3, -0.25) is 28.3 Å². The molecule has 1 fully saturated rings. The Hall–Kier alpha value is -5.14. The summed E-state index contributed by atoms with van der Waals surface area (Å²) in [6, 6.07) is 18.2. The Labute approximate surface area is 344 Å². The quantitative estimate of drug-likeness (QED) is 0.104. The fraction of sp³-hybridized carbons (Fsp3) is 0.273. The maximum Gasteiger partial charge on any atom is 0.319 e. The van der Waals surface area contributed by atoms with Gasteiger partial charge in [0.15, 0.2) is 23.1 Å². The number of benzene rings is 4. The van der Waals surface area contributed by atoms with Gasteiger partial charge >= 0.3 is 5.97 Å². The number of halogens is 4. The van der Waals surface area contributed by atoms with E-state index in [-0.39, 0.29) is 29.3 Å². The lowest BCUT2D eigenvalue weighted by atomic mass is 9.83. The van der Waals surface area contributed by atoms with Gasteiger partial charge in [0, 0.05) is 60.9 Å². The van der Waals surface area contributed by atoms with Crippen molar-refractivity contribution in [2.45, 2.75) is 65.2 Å². The summed E-state index contributed by atoms with van der Waals surface area (Å²) >= 11 is 6.77. The number of carbonyl (C=O) groups excluding carboxylic acids is 4. The number of nitrogens with zero attached hydrogens (tertiary/aromatic N) is 2. The number of amides is 1. The van der Waals surface area contributed by atoms with Crippen molar-refractivity contribution in [1.29, 1.82) is 0 Å². The van der Waals surface area contributed by atoms with E-state index in [2.05, 4.69) is 37.2 Å². The molecule has 7 rings (SSSR count). The van der Waals surface area contributed by atoms with Crippen LogP contribution in [0.2, 0.25) is 0 Å². The zero-order valence-electron chi connectivity index (χ0n) is 31.4. The summed E-state index contributed by atoms with van der Waals surface area (Å²) in [4.78, 5) is 55.7. The second-order valence-electron chi connectivity index (χ2n) is 14.4. The molecule has 294 valence electrons. The number of aromatic hydroxyl groups is 1. The third kappa shape index (κ3) is 7.66. The third-order valence-corrected chi connectivity index (χ3v) is 11.9. The molecule has 6 aromatic rings. The van der Waals surface area contributed by atoms with Gasteiger partial charge in [-0.05, 0) is 111 Å². The summed E-state index contributed by atoms with van der Waals surface area (Å²) in [5, 5.41) is 14.1. The van der Waals surface area contributed by atoms with Gasteiger partial charge in [-0.2, -0.15) is 0 Å². The molecule has 1 aliphatic rings. The van der Waals surface area contributed by atoms with Gasteiger partial charge in [0.1, 0.15) is 0 Å². The maximum atomic E-state index is 16.3. The summed E-state index contributed by atoms with van der Waals surface area (Å²) in [6.45, 7) is 5.72. The van der Waals surface area contributed by atoms with Crippen LogP contribution in [0.3, 0.4) is 0 Å². The zero-order chi connectivity index (χ0) is 40.7. The Morgan fingerprint density at radius 2 is 1.35 bits per heavy atom. The second-order valence-corrected chi connectivity index (χ2v) is 16.3. The van der Waals surface area contributed by atoms with Crippen molar-refractivity contribution in [2.24, 2.45) is 5.92 Å². The molecule has 0 spiro atoms. The van der Waals surface area contributed by atoms with E-state index < -0.39 is 46.8 Å². The highest BCUT2D eigenvalue weighted by Crippen LogP contribution is 2.45. The third-order valence-electron chi connectivity index (χ3n) is 10.9. The van der Waals surface area contributed by atoms with E-state index >= 15 is 8.78 Å². The molecule has 13 heteroatoms.